The van der Waals surface area contributed by atoms with Crippen molar-refractivity contribution in [1.29, 1.82) is 0 Å². The van der Waals surface area contributed by atoms with E-state index in [1.165, 1.54) is 0 Å². The highest BCUT2D eigenvalue weighted by Crippen LogP contribution is 2.65. The van der Waals surface area contributed by atoms with Crippen LogP contribution in [0.1, 0.15) is 85.5 Å². The summed E-state index contributed by atoms with van der Waals surface area (Å²) in [6.45, 7) is 16.8. The van der Waals surface area contributed by atoms with Gasteiger partial charge in [-0.15, -0.1) is 13.2 Å². The minimum absolute atomic E-state index is 0.0525. The van der Waals surface area contributed by atoms with Gasteiger partial charge in [0.15, 0.2) is 0 Å². The zero-order valence-electron chi connectivity index (χ0n) is 28.9. The Bertz CT molecular complexity index is 1310. The average Bonchev–Trinajstić information content (AvgIpc) is 3.70. The molecule has 1 spiro atoms. The van der Waals surface area contributed by atoms with Crippen LogP contribution in [-0.4, -0.2) is 88.3 Å². The fraction of sp³-hybridized carbons (Fsp3) is 0.658. The van der Waals surface area contributed by atoms with Crippen LogP contribution in [0.25, 0.3) is 0 Å². The number of aliphatic hydroxyl groups excluding tert-OH is 1. The monoisotopic (exact) mass is 649 g/mol. The second kappa shape index (κ2) is 14.5. The first-order valence-corrected chi connectivity index (χ1v) is 17.9. The van der Waals surface area contributed by atoms with Crippen molar-refractivity contribution in [2.24, 2.45) is 17.8 Å². The highest BCUT2D eigenvalue weighted by Gasteiger charge is 2.79. The summed E-state index contributed by atoms with van der Waals surface area (Å²) in [6, 6.07) is 5.92. The summed E-state index contributed by atoms with van der Waals surface area (Å²) >= 11 is 0. The van der Waals surface area contributed by atoms with E-state index in [1.807, 2.05) is 56.9 Å². The van der Waals surface area contributed by atoms with Crippen molar-refractivity contribution >= 4 is 23.4 Å². The molecule has 3 saturated heterocycles. The van der Waals surface area contributed by atoms with Crippen molar-refractivity contribution in [1.82, 2.24) is 9.80 Å². The number of likely N-dealkylation sites (tertiary alicyclic amines) is 1. The van der Waals surface area contributed by atoms with Crippen LogP contribution in [0, 0.1) is 17.8 Å². The van der Waals surface area contributed by atoms with E-state index in [9.17, 15) is 9.90 Å². The van der Waals surface area contributed by atoms with E-state index >= 15 is 9.59 Å². The fourth-order valence-electron chi connectivity index (χ4n) is 9.10. The molecule has 5 rings (SSSR count). The van der Waals surface area contributed by atoms with E-state index in [4.69, 9.17) is 9.47 Å². The molecule has 9 nitrogen and oxygen atoms in total. The van der Waals surface area contributed by atoms with E-state index in [2.05, 4.69) is 13.2 Å². The molecule has 4 aliphatic rings. The van der Waals surface area contributed by atoms with Gasteiger partial charge in [0.25, 0.3) is 0 Å². The van der Waals surface area contributed by atoms with Crippen molar-refractivity contribution in [2.45, 2.75) is 115 Å². The topological polar surface area (TPSA) is 99.6 Å². The number of fused-ring (bicyclic) bond motifs is 1. The molecule has 3 aliphatic heterocycles. The zero-order chi connectivity index (χ0) is 33.9. The number of carbonyl (C=O) groups is 3. The summed E-state index contributed by atoms with van der Waals surface area (Å²) in [7, 11) is 0. The Balaban J connectivity index is 1.61. The van der Waals surface area contributed by atoms with E-state index < -0.39 is 35.1 Å². The number of rotatable bonds is 15. The van der Waals surface area contributed by atoms with Crippen LogP contribution < -0.4 is 9.64 Å². The lowest BCUT2D eigenvalue weighted by Crippen LogP contribution is -2.61. The van der Waals surface area contributed by atoms with E-state index in [0.717, 1.165) is 38.5 Å². The van der Waals surface area contributed by atoms with Crippen LogP contribution in [0.5, 0.6) is 5.75 Å². The van der Waals surface area contributed by atoms with Crippen molar-refractivity contribution in [2.75, 3.05) is 31.2 Å². The Labute approximate surface area is 280 Å². The minimum atomic E-state index is -1.17. The maximum Gasteiger partial charge on any atom is 0.248 e. The van der Waals surface area contributed by atoms with Crippen LogP contribution in [0.4, 0.5) is 5.69 Å². The van der Waals surface area contributed by atoms with Gasteiger partial charge in [-0.25, -0.2) is 0 Å². The number of benzene rings is 1. The molecule has 0 aromatic heterocycles. The van der Waals surface area contributed by atoms with Crippen molar-refractivity contribution in [3.05, 3.63) is 49.6 Å². The lowest BCUT2D eigenvalue weighted by atomic mass is 9.64. The summed E-state index contributed by atoms with van der Waals surface area (Å²) in [4.78, 5) is 50.2. The summed E-state index contributed by atoms with van der Waals surface area (Å²) < 4.78 is 12.8. The third-order valence-electron chi connectivity index (χ3n) is 11.6. The van der Waals surface area contributed by atoms with Gasteiger partial charge in [0.2, 0.25) is 17.7 Å². The van der Waals surface area contributed by atoms with E-state index in [0.29, 0.717) is 43.9 Å². The van der Waals surface area contributed by atoms with Crippen LogP contribution in [-0.2, 0) is 19.1 Å². The number of aliphatic hydroxyl groups is 1. The predicted octanol–water partition coefficient (Wildman–Crippen LogP) is 5.51. The second-order valence-corrected chi connectivity index (χ2v) is 13.9. The van der Waals surface area contributed by atoms with Crippen LogP contribution in [0.2, 0.25) is 0 Å². The van der Waals surface area contributed by atoms with Gasteiger partial charge in [-0.1, -0.05) is 58.6 Å². The maximum absolute atomic E-state index is 15.1. The number of hydrogen-bond donors (Lipinski definition) is 1. The molecule has 4 fully saturated rings. The fourth-order valence-corrected chi connectivity index (χ4v) is 9.10. The van der Waals surface area contributed by atoms with Gasteiger partial charge in [0, 0.05) is 24.8 Å². The zero-order valence-corrected chi connectivity index (χ0v) is 28.9. The largest absolute Gasteiger partial charge is 0.494 e. The van der Waals surface area contributed by atoms with Gasteiger partial charge in [-0.2, -0.15) is 0 Å². The summed E-state index contributed by atoms with van der Waals surface area (Å²) in [5, 5.41) is 10.8. The number of nitrogens with zero attached hydrogens (tertiary/aromatic N) is 3. The Morgan fingerprint density at radius 1 is 1.06 bits per heavy atom. The number of amides is 3. The molecule has 1 aromatic rings. The summed E-state index contributed by atoms with van der Waals surface area (Å²) in [5.74, 6) is -1.61. The first-order chi connectivity index (χ1) is 22.7. The van der Waals surface area contributed by atoms with Crippen molar-refractivity contribution in [3.63, 3.8) is 0 Å². The molecule has 7 atom stereocenters. The molecule has 2 bridgehead atoms. The van der Waals surface area contributed by atoms with Crippen molar-refractivity contribution in [3.8, 4) is 5.75 Å². The first-order valence-electron chi connectivity index (χ1n) is 17.9. The summed E-state index contributed by atoms with van der Waals surface area (Å²) in [6.07, 6.45) is 10.9. The predicted molar refractivity (Wildman–Crippen MR) is 183 cm³/mol. The van der Waals surface area contributed by atoms with Gasteiger partial charge in [0.1, 0.15) is 17.4 Å². The molecule has 3 heterocycles. The average molecular weight is 650 g/mol. The molecular weight excluding hydrogens is 594 g/mol. The lowest BCUT2D eigenvalue weighted by molar-refractivity contribution is -0.159. The quantitative estimate of drug-likeness (QED) is 0.252. The highest BCUT2D eigenvalue weighted by molar-refractivity contribution is 6.03. The Morgan fingerprint density at radius 2 is 1.74 bits per heavy atom. The Hall–Kier alpha value is -3.17. The van der Waals surface area contributed by atoms with Crippen molar-refractivity contribution < 1.29 is 29.0 Å². The van der Waals surface area contributed by atoms with Crippen LogP contribution in [0.15, 0.2) is 49.6 Å². The Kier molecular flexibility index (Phi) is 10.9. The SMILES string of the molecule is C=CCN(C(=O)[C@@H]1[C@H]2C(=O)N([C@@H](CO)[C@@H](C)CC)C(C(=O)N(CC=C)C3CCCCC3)C23CC[C@@]1(CC)O3)c1ccc(OCC)cc1. The summed E-state index contributed by atoms with van der Waals surface area (Å²) in [5.41, 5.74) is -1.37. The minimum Gasteiger partial charge on any atom is -0.494 e. The lowest BCUT2D eigenvalue weighted by Gasteiger charge is -2.43. The van der Waals surface area contributed by atoms with Gasteiger partial charge < -0.3 is 29.3 Å². The van der Waals surface area contributed by atoms with E-state index in [-0.39, 0.29) is 42.8 Å². The van der Waals surface area contributed by atoms with Gasteiger partial charge in [0.05, 0.1) is 36.7 Å². The van der Waals surface area contributed by atoms with Crippen LogP contribution in [0.3, 0.4) is 0 Å². The highest BCUT2D eigenvalue weighted by atomic mass is 16.5. The van der Waals surface area contributed by atoms with Crippen LogP contribution >= 0.6 is 0 Å². The molecule has 1 aliphatic carbocycles. The first kappa shape index (κ1) is 35.1. The number of anilines is 1. The standard InChI is InChI=1S/C38H55N3O6/c1-7-23-39(28-17-19-29(20-18-28)46-11-5)34(43)31-32-35(44)41(30(25-42)26(6)9-3)33(38(32)22-21-37(31,10-4)47-38)36(45)40(24-8-2)27-15-13-12-14-16-27/h7-8,17-20,26-27,30-33,42H,1-2,9-16,21-25H2,3-6H3/t26-,30-,31-,32-,33?,37+,38?/m0/s1. The second-order valence-electron chi connectivity index (χ2n) is 13.9. The molecule has 1 aromatic carbocycles. The van der Waals surface area contributed by atoms with Gasteiger partial charge in [-0.05, 0) is 69.2 Å². The molecule has 0 radical (unpaired) electrons. The molecule has 47 heavy (non-hydrogen) atoms. The molecule has 2 unspecified atom stereocenters. The van der Waals surface area contributed by atoms with Gasteiger partial charge >= 0.3 is 0 Å². The van der Waals surface area contributed by atoms with E-state index in [1.54, 1.807) is 22.0 Å². The smallest absolute Gasteiger partial charge is 0.248 e. The Morgan fingerprint density at radius 3 is 2.32 bits per heavy atom. The molecular formula is C38H55N3O6. The van der Waals surface area contributed by atoms with Gasteiger partial charge in [-0.3, -0.25) is 14.4 Å². The number of hydrogen-bond acceptors (Lipinski definition) is 6. The molecule has 1 N–H and O–H groups in total. The molecule has 9 heteroatoms. The molecule has 258 valence electrons. The third kappa shape index (κ3) is 5.92. The molecule has 3 amide bonds. The normalized spacial score (nSPS) is 29.7. The maximum atomic E-state index is 15.1. The molecule has 1 saturated carbocycles. The number of ether oxygens (including phenoxy) is 2. The number of carbonyl (C=O) groups excluding carboxylic acids is 3. The third-order valence-corrected chi connectivity index (χ3v) is 11.6.